The van der Waals surface area contributed by atoms with E-state index >= 15 is 0 Å². The fourth-order valence-corrected chi connectivity index (χ4v) is 1.77. The van der Waals surface area contributed by atoms with Gasteiger partial charge in [0.05, 0.1) is 0 Å². The summed E-state index contributed by atoms with van der Waals surface area (Å²) in [7, 11) is 0. The molecule has 0 bridgehead atoms. The van der Waals surface area contributed by atoms with Gasteiger partial charge in [0, 0.05) is 3.57 Å². The van der Waals surface area contributed by atoms with Gasteiger partial charge >= 0.3 is 5.97 Å². The van der Waals surface area contributed by atoms with E-state index in [1.165, 1.54) is 12.1 Å². The third-order valence-electron chi connectivity index (χ3n) is 1.70. The number of benzene rings is 1. The molecule has 14 heavy (non-hydrogen) atoms. The molecular formula is C9H9FINO2. The third-order valence-corrected chi connectivity index (χ3v) is 2.32. The summed E-state index contributed by atoms with van der Waals surface area (Å²) in [5.41, 5.74) is 5.93. The highest BCUT2D eigenvalue weighted by Gasteiger charge is 2.12. The van der Waals surface area contributed by atoms with Crippen molar-refractivity contribution < 1.29 is 14.3 Å². The number of carboxylic acid groups (broad SMARTS) is 1. The maximum atomic E-state index is 12.9. The zero-order valence-electron chi connectivity index (χ0n) is 7.21. The second kappa shape index (κ2) is 4.70. The van der Waals surface area contributed by atoms with Crippen LogP contribution in [0.2, 0.25) is 0 Å². The molecule has 1 aromatic carbocycles. The average Bonchev–Trinajstić information content (AvgIpc) is 2.01. The van der Waals surface area contributed by atoms with Gasteiger partial charge < -0.3 is 10.8 Å². The van der Waals surface area contributed by atoms with Crippen molar-refractivity contribution >= 4 is 28.6 Å². The minimum absolute atomic E-state index is 0.142. The topological polar surface area (TPSA) is 63.3 Å². The standard InChI is InChI=1S/C9H9FINO2/c10-6-1-5(2-7(11)4-6)3-8(12)9(13)14/h1-2,4,8H,3,12H2,(H,13,14). The Morgan fingerprint density at radius 3 is 2.71 bits per heavy atom. The van der Waals surface area contributed by atoms with Crippen molar-refractivity contribution in [3.63, 3.8) is 0 Å². The van der Waals surface area contributed by atoms with Crippen LogP contribution in [0.15, 0.2) is 18.2 Å². The van der Waals surface area contributed by atoms with E-state index < -0.39 is 12.0 Å². The third kappa shape index (κ3) is 3.22. The van der Waals surface area contributed by atoms with Crippen LogP contribution < -0.4 is 5.73 Å². The van der Waals surface area contributed by atoms with E-state index in [1.54, 1.807) is 6.07 Å². The summed E-state index contributed by atoms with van der Waals surface area (Å²) < 4.78 is 13.6. The molecule has 0 aromatic heterocycles. The Labute approximate surface area is 94.2 Å². The van der Waals surface area contributed by atoms with Crippen LogP contribution in [0.3, 0.4) is 0 Å². The normalized spacial score (nSPS) is 12.5. The summed E-state index contributed by atoms with van der Waals surface area (Å²) in [6, 6.07) is 3.40. The molecule has 76 valence electrons. The lowest BCUT2D eigenvalue weighted by molar-refractivity contribution is -0.138. The number of nitrogens with two attached hydrogens (primary N) is 1. The fraction of sp³-hybridized carbons (Fsp3) is 0.222. The van der Waals surface area contributed by atoms with Crippen LogP contribution in [0.1, 0.15) is 5.56 Å². The van der Waals surface area contributed by atoms with E-state index in [0.717, 1.165) is 3.57 Å². The first-order chi connectivity index (χ1) is 6.49. The molecule has 0 aliphatic heterocycles. The molecule has 3 N–H and O–H groups in total. The quantitative estimate of drug-likeness (QED) is 0.829. The molecule has 0 amide bonds. The minimum atomic E-state index is -1.08. The maximum absolute atomic E-state index is 12.9. The molecule has 0 spiro atoms. The second-order valence-electron chi connectivity index (χ2n) is 2.93. The van der Waals surface area contributed by atoms with Gasteiger partial charge in [-0.05, 0) is 52.8 Å². The zero-order chi connectivity index (χ0) is 10.7. The second-order valence-corrected chi connectivity index (χ2v) is 4.17. The maximum Gasteiger partial charge on any atom is 0.320 e. The minimum Gasteiger partial charge on any atom is -0.480 e. The van der Waals surface area contributed by atoms with Crippen molar-refractivity contribution in [1.82, 2.24) is 0 Å². The average molecular weight is 309 g/mol. The molecule has 0 saturated carbocycles. The molecule has 0 aliphatic rings. The van der Waals surface area contributed by atoms with Crippen molar-refractivity contribution in [2.24, 2.45) is 5.73 Å². The van der Waals surface area contributed by atoms with Gasteiger partial charge in [-0.15, -0.1) is 0 Å². The smallest absolute Gasteiger partial charge is 0.320 e. The predicted octanol–water partition coefficient (Wildman–Crippen LogP) is 1.38. The Hall–Kier alpha value is -0.690. The van der Waals surface area contributed by atoms with Gasteiger partial charge in [0.2, 0.25) is 0 Å². The Morgan fingerprint density at radius 1 is 1.57 bits per heavy atom. The summed E-state index contributed by atoms with van der Waals surface area (Å²) >= 11 is 1.97. The van der Waals surface area contributed by atoms with E-state index in [0.29, 0.717) is 5.56 Å². The molecule has 0 heterocycles. The lowest BCUT2D eigenvalue weighted by Gasteiger charge is -2.06. The van der Waals surface area contributed by atoms with Gasteiger partial charge in [0.15, 0.2) is 0 Å². The predicted molar refractivity (Wildman–Crippen MR) is 58.4 cm³/mol. The molecule has 1 aromatic rings. The SMILES string of the molecule is NC(Cc1cc(F)cc(I)c1)C(=O)O. The van der Waals surface area contributed by atoms with Crippen LogP contribution in [0, 0.1) is 9.39 Å². The van der Waals surface area contributed by atoms with E-state index in [1.807, 2.05) is 22.6 Å². The van der Waals surface area contributed by atoms with Crippen LogP contribution in [-0.4, -0.2) is 17.1 Å². The molecule has 1 rings (SSSR count). The number of hydrogen-bond acceptors (Lipinski definition) is 2. The largest absolute Gasteiger partial charge is 0.480 e. The summed E-state index contributed by atoms with van der Waals surface area (Å²) in [5, 5.41) is 8.56. The number of carbonyl (C=O) groups is 1. The van der Waals surface area contributed by atoms with Crippen LogP contribution in [0.5, 0.6) is 0 Å². The molecule has 0 aliphatic carbocycles. The Kier molecular flexibility index (Phi) is 3.82. The Morgan fingerprint density at radius 2 is 2.21 bits per heavy atom. The molecule has 1 unspecified atom stereocenters. The molecule has 1 atom stereocenters. The van der Waals surface area contributed by atoms with E-state index in [9.17, 15) is 9.18 Å². The Balaban J connectivity index is 2.81. The monoisotopic (exact) mass is 309 g/mol. The first-order valence-electron chi connectivity index (χ1n) is 3.92. The highest BCUT2D eigenvalue weighted by molar-refractivity contribution is 14.1. The zero-order valence-corrected chi connectivity index (χ0v) is 9.36. The van der Waals surface area contributed by atoms with Crippen molar-refractivity contribution in [2.45, 2.75) is 12.5 Å². The molecule has 5 heteroatoms. The van der Waals surface area contributed by atoms with Crippen molar-refractivity contribution in [2.75, 3.05) is 0 Å². The van der Waals surface area contributed by atoms with E-state index in [-0.39, 0.29) is 12.2 Å². The van der Waals surface area contributed by atoms with Gasteiger partial charge in [0.25, 0.3) is 0 Å². The number of rotatable bonds is 3. The summed E-state index contributed by atoms with van der Waals surface area (Å²) in [4.78, 5) is 10.5. The molecular weight excluding hydrogens is 300 g/mol. The van der Waals surface area contributed by atoms with E-state index in [2.05, 4.69) is 0 Å². The van der Waals surface area contributed by atoms with Gasteiger partial charge in [-0.3, -0.25) is 4.79 Å². The number of aliphatic carboxylic acids is 1. The lowest BCUT2D eigenvalue weighted by Crippen LogP contribution is -2.32. The van der Waals surface area contributed by atoms with Crippen molar-refractivity contribution in [3.05, 3.63) is 33.1 Å². The van der Waals surface area contributed by atoms with Crippen molar-refractivity contribution in [1.29, 1.82) is 0 Å². The molecule has 3 nitrogen and oxygen atoms in total. The van der Waals surface area contributed by atoms with Crippen LogP contribution in [-0.2, 0) is 11.2 Å². The molecule has 0 saturated heterocycles. The van der Waals surface area contributed by atoms with Crippen LogP contribution >= 0.6 is 22.6 Å². The molecule has 0 fully saturated rings. The van der Waals surface area contributed by atoms with Crippen molar-refractivity contribution in [3.8, 4) is 0 Å². The lowest BCUT2D eigenvalue weighted by atomic mass is 10.1. The van der Waals surface area contributed by atoms with Crippen LogP contribution in [0.4, 0.5) is 4.39 Å². The first-order valence-corrected chi connectivity index (χ1v) is 5.00. The van der Waals surface area contributed by atoms with Gasteiger partial charge in [-0.1, -0.05) is 0 Å². The highest BCUT2D eigenvalue weighted by Crippen LogP contribution is 2.12. The van der Waals surface area contributed by atoms with Gasteiger partial charge in [0.1, 0.15) is 11.9 Å². The molecule has 0 radical (unpaired) electrons. The van der Waals surface area contributed by atoms with Crippen LogP contribution in [0.25, 0.3) is 0 Å². The number of carboxylic acids is 1. The summed E-state index contributed by atoms with van der Waals surface area (Å²) in [6.45, 7) is 0. The van der Waals surface area contributed by atoms with Gasteiger partial charge in [-0.2, -0.15) is 0 Å². The fourth-order valence-electron chi connectivity index (χ4n) is 1.07. The van der Waals surface area contributed by atoms with Gasteiger partial charge in [-0.25, -0.2) is 4.39 Å². The first kappa shape index (κ1) is 11.4. The summed E-state index contributed by atoms with van der Waals surface area (Å²) in [6.07, 6.45) is 0.142. The number of halogens is 2. The highest BCUT2D eigenvalue weighted by atomic mass is 127. The Bertz CT molecular complexity index is 336. The number of hydrogen-bond donors (Lipinski definition) is 2. The summed E-state index contributed by atoms with van der Waals surface area (Å²) in [5.74, 6) is -1.45. The van der Waals surface area contributed by atoms with E-state index in [4.69, 9.17) is 10.8 Å².